The third-order valence-electron chi connectivity index (χ3n) is 0.952. The molecule has 0 heterocycles. The highest BCUT2D eigenvalue weighted by atomic mass is 14.7. The van der Waals surface area contributed by atoms with Crippen molar-refractivity contribution in [2.75, 3.05) is 6.54 Å². The van der Waals surface area contributed by atoms with Crippen molar-refractivity contribution >= 4 is 6.21 Å². The first-order valence-electron chi connectivity index (χ1n) is 3.42. The van der Waals surface area contributed by atoms with E-state index in [1.54, 1.807) is 0 Å². The summed E-state index contributed by atoms with van der Waals surface area (Å²) >= 11 is 0. The summed E-state index contributed by atoms with van der Waals surface area (Å²) in [5.74, 6) is 0. The van der Waals surface area contributed by atoms with E-state index in [0.29, 0.717) is 0 Å². The average molecular weight is 125 g/mol. The lowest BCUT2D eigenvalue weighted by Gasteiger charge is -1.88. The first-order chi connectivity index (χ1) is 4.27. The normalized spacial score (nSPS) is 10.4. The second-order valence-electron chi connectivity index (χ2n) is 2.24. The van der Waals surface area contributed by atoms with Crippen molar-refractivity contribution < 1.29 is 0 Å². The van der Waals surface area contributed by atoms with Crippen LogP contribution in [0.25, 0.3) is 0 Å². The Balaban J connectivity index is 3.15. The number of allylic oxidation sites excluding steroid dienone is 1. The third-order valence-corrected chi connectivity index (χ3v) is 0.952. The Labute approximate surface area is 57.5 Å². The Kier molecular flexibility index (Phi) is 5.18. The van der Waals surface area contributed by atoms with E-state index in [1.807, 2.05) is 13.1 Å². The topological polar surface area (TPSA) is 12.4 Å². The molecule has 0 aliphatic rings. The Morgan fingerprint density at radius 1 is 1.67 bits per heavy atom. The molecule has 0 aromatic carbocycles. The van der Waals surface area contributed by atoms with Gasteiger partial charge in [0.25, 0.3) is 0 Å². The molecule has 0 aromatic rings. The second kappa shape index (κ2) is 5.54. The molecule has 0 N–H and O–H groups in total. The van der Waals surface area contributed by atoms with Crippen molar-refractivity contribution in [1.82, 2.24) is 0 Å². The minimum absolute atomic E-state index is 0.948. The minimum atomic E-state index is 0.948. The summed E-state index contributed by atoms with van der Waals surface area (Å²) in [4.78, 5) is 4.14. The summed E-state index contributed by atoms with van der Waals surface area (Å²) in [6, 6.07) is 0. The molecule has 1 heteroatoms. The highest BCUT2D eigenvalue weighted by Gasteiger charge is 1.77. The van der Waals surface area contributed by atoms with Gasteiger partial charge in [-0.1, -0.05) is 19.9 Å². The van der Waals surface area contributed by atoms with E-state index in [1.165, 1.54) is 12.8 Å². The molecule has 0 atom stereocenters. The van der Waals surface area contributed by atoms with Gasteiger partial charge in [0, 0.05) is 12.8 Å². The number of hydrogen-bond acceptors (Lipinski definition) is 1. The van der Waals surface area contributed by atoms with Crippen molar-refractivity contribution in [3.05, 3.63) is 12.2 Å². The fraction of sp³-hybridized carbons (Fsp3) is 0.625. The standard InChI is InChI=1S/C8H15N/c1-4-5-6-9-7-8(2)3/h7H,2,4-6H2,1,3H3/b9-7+. The quantitative estimate of drug-likeness (QED) is 0.404. The summed E-state index contributed by atoms with van der Waals surface area (Å²) in [6.45, 7) is 8.77. The number of rotatable bonds is 4. The van der Waals surface area contributed by atoms with Crippen molar-refractivity contribution in [2.24, 2.45) is 4.99 Å². The lowest BCUT2D eigenvalue weighted by Crippen LogP contribution is -1.80. The number of aliphatic imine (C=N–C) groups is 1. The zero-order valence-corrected chi connectivity index (χ0v) is 6.35. The van der Waals surface area contributed by atoms with Crippen LogP contribution in [0.3, 0.4) is 0 Å². The van der Waals surface area contributed by atoms with Gasteiger partial charge in [0.2, 0.25) is 0 Å². The van der Waals surface area contributed by atoms with Crippen LogP contribution >= 0.6 is 0 Å². The van der Waals surface area contributed by atoms with E-state index in [-0.39, 0.29) is 0 Å². The molecule has 0 bridgehead atoms. The SMILES string of the molecule is C=C(C)/C=N/CCCC. The molecule has 0 amide bonds. The Hall–Kier alpha value is -0.590. The van der Waals surface area contributed by atoms with Crippen molar-refractivity contribution in [2.45, 2.75) is 26.7 Å². The smallest absolute Gasteiger partial charge is 0.0389 e. The van der Waals surface area contributed by atoms with Gasteiger partial charge < -0.3 is 0 Å². The van der Waals surface area contributed by atoms with Gasteiger partial charge in [-0.25, -0.2) is 0 Å². The lowest BCUT2D eigenvalue weighted by atomic mass is 10.3. The number of nitrogens with zero attached hydrogens (tertiary/aromatic N) is 1. The number of hydrogen-bond donors (Lipinski definition) is 0. The van der Waals surface area contributed by atoms with Crippen molar-refractivity contribution in [3.63, 3.8) is 0 Å². The molecule has 1 nitrogen and oxygen atoms in total. The predicted molar refractivity (Wildman–Crippen MR) is 43.1 cm³/mol. The van der Waals surface area contributed by atoms with Crippen LogP contribution in [-0.4, -0.2) is 12.8 Å². The van der Waals surface area contributed by atoms with Crippen molar-refractivity contribution in [1.29, 1.82) is 0 Å². The van der Waals surface area contributed by atoms with E-state index in [0.717, 1.165) is 12.1 Å². The van der Waals surface area contributed by atoms with Crippen LogP contribution in [-0.2, 0) is 0 Å². The maximum absolute atomic E-state index is 4.14. The van der Waals surface area contributed by atoms with E-state index < -0.39 is 0 Å². The van der Waals surface area contributed by atoms with Gasteiger partial charge in [0.1, 0.15) is 0 Å². The molecule has 0 unspecified atom stereocenters. The van der Waals surface area contributed by atoms with Crippen LogP contribution in [0.15, 0.2) is 17.1 Å². The van der Waals surface area contributed by atoms with Crippen LogP contribution in [0.4, 0.5) is 0 Å². The number of unbranched alkanes of at least 4 members (excludes halogenated alkanes) is 1. The highest BCUT2D eigenvalue weighted by Crippen LogP contribution is 1.87. The van der Waals surface area contributed by atoms with Crippen molar-refractivity contribution in [3.8, 4) is 0 Å². The second-order valence-corrected chi connectivity index (χ2v) is 2.24. The molecule has 0 spiro atoms. The molecule has 52 valence electrons. The average Bonchev–Trinajstić information content (AvgIpc) is 1.80. The molecule has 0 radical (unpaired) electrons. The van der Waals surface area contributed by atoms with Crippen LogP contribution < -0.4 is 0 Å². The zero-order valence-electron chi connectivity index (χ0n) is 6.35. The molecule has 0 saturated heterocycles. The van der Waals surface area contributed by atoms with E-state index in [9.17, 15) is 0 Å². The lowest BCUT2D eigenvalue weighted by molar-refractivity contribution is 0.810. The van der Waals surface area contributed by atoms with E-state index >= 15 is 0 Å². The van der Waals surface area contributed by atoms with Gasteiger partial charge in [-0.3, -0.25) is 4.99 Å². The molecule has 0 aliphatic heterocycles. The summed E-state index contributed by atoms with van der Waals surface area (Å²) in [5, 5.41) is 0. The third kappa shape index (κ3) is 7.41. The Morgan fingerprint density at radius 3 is 2.78 bits per heavy atom. The maximum Gasteiger partial charge on any atom is 0.0389 e. The summed E-state index contributed by atoms with van der Waals surface area (Å²) in [6.07, 6.45) is 4.23. The molecule has 0 aliphatic carbocycles. The first-order valence-corrected chi connectivity index (χ1v) is 3.42. The molecule has 0 fully saturated rings. The van der Waals surface area contributed by atoms with Gasteiger partial charge in [0.05, 0.1) is 0 Å². The largest absolute Gasteiger partial charge is 0.293 e. The van der Waals surface area contributed by atoms with Gasteiger partial charge in [-0.05, 0) is 18.9 Å². The molecule has 0 saturated carbocycles. The summed E-state index contributed by atoms with van der Waals surface area (Å²) < 4.78 is 0. The Bertz CT molecular complexity index is 103. The van der Waals surface area contributed by atoms with Crippen LogP contribution in [0, 0.1) is 0 Å². The maximum atomic E-state index is 4.14. The van der Waals surface area contributed by atoms with Crippen LogP contribution in [0.5, 0.6) is 0 Å². The van der Waals surface area contributed by atoms with Crippen LogP contribution in [0.1, 0.15) is 26.7 Å². The Morgan fingerprint density at radius 2 is 2.33 bits per heavy atom. The van der Waals surface area contributed by atoms with Gasteiger partial charge in [-0.2, -0.15) is 0 Å². The predicted octanol–water partition coefficient (Wildman–Crippen LogP) is 2.43. The highest BCUT2D eigenvalue weighted by molar-refractivity contribution is 5.76. The fourth-order valence-corrected chi connectivity index (χ4v) is 0.470. The van der Waals surface area contributed by atoms with E-state index in [2.05, 4.69) is 18.5 Å². The minimum Gasteiger partial charge on any atom is -0.293 e. The monoisotopic (exact) mass is 125 g/mol. The van der Waals surface area contributed by atoms with Crippen LogP contribution in [0.2, 0.25) is 0 Å². The van der Waals surface area contributed by atoms with Gasteiger partial charge in [0.15, 0.2) is 0 Å². The first kappa shape index (κ1) is 8.41. The molecule has 0 aromatic heterocycles. The molecule has 9 heavy (non-hydrogen) atoms. The molecular weight excluding hydrogens is 110 g/mol. The zero-order chi connectivity index (χ0) is 7.11. The molecule has 0 rings (SSSR count). The summed E-state index contributed by atoms with van der Waals surface area (Å²) in [7, 11) is 0. The molecular formula is C8H15N. The fourth-order valence-electron chi connectivity index (χ4n) is 0.470. The van der Waals surface area contributed by atoms with Gasteiger partial charge >= 0.3 is 0 Å². The van der Waals surface area contributed by atoms with Gasteiger partial charge in [-0.15, -0.1) is 0 Å². The van der Waals surface area contributed by atoms with E-state index in [4.69, 9.17) is 0 Å². The summed E-state index contributed by atoms with van der Waals surface area (Å²) in [5.41, 5.74) is 1.03.